The number of ether oxygens (including phenoxy) is 1. The molecule has 1 aliphatic rings. The lowest BCUT2D eigenvalue weighted by molar-refractivity contribution is 0.224. The van der Waals surface area contributed by atoms with E-state index in [1.54, 1.807) is 25.1 Å². The Morgan fingerprint density at radius 1 is 1.06 bits per heavy atom. The Morgan fingerprint density at radius 3 is 2.38 bits per heavy atom. The standard InChI is InChI=1S/C29H32F4O/c1-7-34-22(6)27(31)26(30)21(5)20(4)12-8-18(2)11-15-24-16-17-25(29(33)28(24)32)23-13-9-19(3)10-14-23/h8,12-13,16-17,19H,2,4-7,9-11,14-15H2,1,3H3/b12-8-,27-26-. The van der Waals surface area contributed by atoms with Gasteiger partial charge in [0.15, 0.2) is 23.2 Å². The second-order valence-electron chi connectivity index (χ2n) is 8.49. The molecule has 0 saturated heterocycles. The molecule has 1 aromatic rings. The van der Waals surface area contributed by atoms with Crippen LogP contribution in [-0.2, 0) is 11.2 Å². The van der Waals surface area contributed by atoms with Gasteiger partial charge in [-0.2, -0.15) is 4.39 Å². The quantitative estimate of drug-likeness (QED) is 0.177. The van der Waals surface area contributed by atoms with E-state index in [2.05, 4.69) is 33.2 Å². The summed E-state index contributed by atoms with van der Waals surface area (Å²) in [6.07, 6.45) is 8.17. The van der Waals surface area contributed by atoms with Crippen molar-refractivity contribution in [3.63, 3.8) is 0 Å². The molecule has 0 aromatic heterocycles. The molecule has 0 bridgehead atoms. The molecule has 5 heteroatoms. The molecule has 0 aliphatic heterocycles. The van der Waals surface area contributed by atoms with Crippen LogP contribution in [0, 0.1) is 17.6 Å². The van der Waals surface area contributed by atoms with Crippen molar-refractivity contribution in [1.29, 1.82) is 0 Å². The average molecular weight is 473 g/mol. The first-order chi connectivity index (χ1) is 16.1. The van der Waals surface area contributed by atoms with Crippen LogP contribution in [0.2, 0.25) is 0 Å². The average Bonchev–Trinajstić information content (AvgIpc) is 2.82. The highest BCUT2D eigenvalue weighted by Crippen LogP contribution is 2.33. The van der Waals surface area contributed by atoms with Gasteiger partial charge in [-0.05, 0) is 61.7 Å². The maximum atomic E-state index is 14.7. The van der Waals surface area contributed by atoms with Gasteiger partial charge in [0, 0.05) is 11.1 Å². The number of hydrogen-bond acceptors (Lipinski definition) is 1. The Bertz CT molecular complexity index is 1070. The molecule has 1 unspecified atom stereocenters. The van der Waals surface area contributed by atoms with Gasteiger partial charge in [-0.15, -0.1) is 0 Å². The summed E-state index contributed by atoms with van der Waals surface area (Å²) in [7, 11) is 0. The molecule has 0 N–H and O–H groups in total. The smallest absolute Gasteiger partial charge is 0.200 e. The number of benzene rings is 1. The highest BCUT2D eigenvalue weighted by Gasteiger charge is 2.19. The van der Waals surface area contributed by atoms with Gasteiger partial charge in [-0.25, -0.2) is 13.2 Å². The van der Waals surface area contributed by atoms with E-state index >= 15 is 0 Å². The van der Waals surface area contributed by atoms with Crippen LogP contribution in [-0.4, -0.2) is 6.61 Å². The predicted molar refractivity (Wildman–Crippen MR) is 132 cm³/mol. The molecule has 1 aromatic carbocycles. The van der Waals surface area contributed by atoms with Gasteiger partial charge in [-0.1, -0.05) is 69.2 Å². The van der Waals surface area contributed by atoms with Crippen molar-refractivity contribution >= 4 is 5.57 Å². The summed E-state index contributed by atoms with van der Waals surface area (Å²) in [6, 6.07) is 3.25. The molecule has 34 heavy (non-hydrogen) atoms. The fourth-order valence-corrected chi connectivity index (χ4v) is 3.57. The normalized spacial score (nSPS) is 16.6. The summed E-state index contributed by atoms with van der Waals surface area (Å²) >= 11 is 0. The third kappa shape index (κ3) is 6.96. The van der Waals surface area contributed by atoms with Gasteiger partial charge in [0.2, 0.25) is 5.83 Å². The Morgan fingerprint density at radius 2 is 1.76 bits per heavy atom. The topological polar surface area (TPSA) is 9.23 Å². The van der Waals surface area contributed by atoms with Gasteiger partial charge in [0.05, 0.1) is 6.61 Å². The van der Waals surface area contributed by atoms with Crippen molar-refractivity contribution in [2.45, 2.75) is 46.0 Å². The van der Waals surface area contributed by atoms with Crippen LogP contribution >= 0.6 is 0 Å². The van der Waals surface area contributed by atoms with Crippen molar-refractivity contribution in [3.05, 3.63) is 114 Å². The minimum atomic E-state index is -1.24. The molecular formula is C29H32F4O. The molecule has 0 fully saturated rings. The van der Waals surface area contributed by atoms with Crippen molar-refractivity contribution in [2.75, 3.05) is 6.61 Å². The van der Waals surface area contributed by atoms with Crippen LogP contribution in [0.1, 0.15) is 50.7 Å². The fourth-order valence-electron chi connectivity index (χ4n) is 3.57. The van der Waals surface area contributed by atoms with Crippen LogP contribution in [0.5, 0.6) is 0 Å². The van der Waals surface area contributed by atoms with Gasteiger partial charge < -0.3 is 4.74 Å². The van der Waals surface area contributed by atoms with Crippen LogP contribution in [0.25, 0.3) is 5.57 Å². The second-order valence-corrected chi connectivity index (χ2v) is 8.49. The molecule has 2 rings (SSSR count). The highest BCUT2D eigenvalue weighted by atomic mass is 19.2. The number of rotatable bonds is 11. The van der Waals surface area contributed by atoms with Gasteiger partial charge in [0.25, 0.3) is 0 Å². The maximum Gasteiger partial charge on any atom is 0.200 e. The zero-order valence-corrected chi connectivity index (χ0v) is 20.0. The summed E-state index contributed by atoms with van der Waals surface area (Å²) in [5.41, 5.74) is 1.91. The monoisotopic (exact) mass is 472 g/mol. The third-order valence-electron chi connectivity index (χ3n) is 5.83. The first-order valence-corrected chi connectivity index (χ1v) is 11.3. The lowest BCUT2D eigenvalue weighted by Crippen LogP contribution is -2.05. The van der Waals surface area contributed by atoms with Crippen LogP contribution in [0.4, 0.5) is 17.6 Å². The Hall–Kier alpha value is -3.08. The van der Waals surface area contributed by atoms with Crippen LogP contribution in [0.3, 0.4) is 0 Å². The van der Waals surface area contributed by atoms with Crippen molar-refractivity contribution < 1.29 is 22.3 Å². The summed E-state index contributed by atoms with van der Waals surface area (Å²) in [6.45, 7) is 18.3. The SMILES string of the molecule is C=C(/C=C\C(=C)C(=C)/C(F)=C(/F)C(=C)OCC)CCc1ccc(C2=CCC(C)CC2)c(F)c1F. The van der Waals surface area contributed by atoms with Gasteiger partial charge in [-0.3, -0.25) is 0 Å². The summed E-state index contributed by atoms with van der Waals surface area (Å²) in [4.78, 5) is 0. The Labute approximate surface area is 200 Å². The minimum absolute atomic E-state index is 0.134. The number of allylic oxidation sites excluding steroid dienone is 9. The molecule has 1 aliphatic carbocycles. The molecule has 0 spiro atoms. The summed E-state index contributed by atoms with van der Waals surface area (Å²) in [5, 5.41) is 0. The third-order valence-corrected chi connectivity index (χ3v) is 5.83. The van der Waals surface area contributed by atoms with E-state index in [1.165, 1.54) is 6.08 Å². The fraction of sp³-hybridized carbons (Fsp3) is 0.310. The van der Waals surface area contributed by atoms with E-state index in [1.807, 2.05) is 6.08 Å². The zero-order valence-electron chi connectivity index (χ0n) is 20.0. The van der Waals surface area contributed by atoms with E-state index in [4.69, 9.17) is 4.74 Å². The van der Waals surface area contributed by atoms with E-state index < -0.39 is 29.0 Å². The number of aryl methyl sites for hydroxylation is 1. The molecule has 0 heterocycles. The van der Waals surface area contributed by atoms with Gasteiger partial charge in [0.1, 0.15) is 0 Å². The second kappa shape index (κ2) is 12.4. The van der Waals surface area contributed by atoms with Crippen molar-refractivity contribution in [2.24, 2.45) is 5.92 Å². The van der Waals surface area contributed by atoms with Crippen molar-refractivity contribution in [1.82, 2.24) is 0 Å². The predicted octanol–water partition coefficient (Wildman–Crippen LogP) is 9.03. The minimum Gasteiger partial charge on any atom is -0.491 e. The lowest BCUT2D eigenvalue weighted by Gasteiger charge is -2.19. The molecule has 0 radical (unpaired) electrons. The molecule has 0 saturated carbocycles. The Kier molecular flexibility index (Phi) is 9.91. The maximum absolute atomic E-state index is 14.7. The molecular weight excluding hydrogens is 440 g/mol. The van der Waals surface area contributed by atoms with E-state index in [0.717, 1.165) is 24.8 Å². The number of halogens is 4. The van der Waals surface area contributed by atoms with E-state index in [9.17, 15) is 17.6 Å². The molecule has 1 atom stereocenters. The summed E-state index contributed by atoms with van der Waals surface area (Å²) in [5.74, 6) is -3.97. The van der Waals surface area contributed by atoms with Gasteiger partial charge >= 0.3 is 0 Å². The van der Waals surface area contributed by atoms with E-state index in [-0.39, 0.29) is 29.7 Å². The van der Waals surface area contributed by atoms with E-state index in [0.29, 0.717) is 23.5 Å². The van der Waals surface area contributed by atoms with Crippen LogP contribution < -0.4 is 0 Å². The highest BCUT2D eigenvalue weighted by molar-refractivity contribution is 5.67. The van der Waals surface area contributed by atoms with Crippen LogP contribution in [0.15, 0.2) is 90.8 Å². The molecule has 182 valence electrons. The Balaban J connectivity index is 2.00. The zero-order chi connectivity index (χ0) is 25.4. The largest absolute Gasteiger partial charge is 0.491 e. The summed E-state index contributed by atoms with van der Waals surface area (Å²) < 4.78 is 62.5. The number of hydrogen-bond donors (Lipinski definition) is 0. The lowest BCUT2D eigenvalue weighted by atomic mass is 9.87. The van der Waals surface area contributed by atoms with Crippen molar-refractivity contribution in [3.8, 4) is 0 Å². The molecule has 0 amide bonds. The first-order valence-electron chi connectivity index (χ1n) is 11.3. The molecule has 1 nitrogen and oxygen atoms in total. The first kappa shape index (κ1) is 27.2.